The lowest BCUT2D eigenvalue weighted by Gasteiger charge is -2.52. The number of halogens is 1. The molecule has 0 radical (unpaired) electrons. The van der Waals surface area contributed by atoms with Crippen molar-refractivity contribution in [1.29, 1.82) is 0 Å². The second-order valence-corrected chi connectivity index (χ2v) is 10.1. The predicted octanol–water partition coefficient (Wildman–Crippen LogP) is 4.62. The van der Waals surface area contributed by atoms with Crippen molar-refractivity contribution in [1.82, 2.24) is 5.32 Å². The third-order valence-corrected chi connectivity index (χ3v) is 6.91. The maximum absolute atomic E-state index is 12.6. The molecule has 2 fully saturated rings. The maximum Gasteiger partial charge on any atom is 0.222 e. The average Bonchev–Trinajstić information content (AvgIpc) is 2.66. The zero-order chi connectivity index (χ0) is 21.2. The van der Waals surface area contributed by atoms with Gasteiger partial charge in [0.05, 0.1) is 18.8 Å². The smallest absolute Gasteiger partial charge is 0.222 e. The summed E-state index contributed by atoms with van der Waals surface area (Å²) in [5.41, 5.74) is 0.639. The highest BCUT2D eigenvalue weighted by molar-refractivity contribution is 9.10. The second-order valence-electron chi connectivity index (χ2n) is 9.21. The molecule has 0 bridgehead atoms. The minimum Gasteiger partial charge on any atom is -0.491 e. The second kappa shape index (κ2) is 9.36. The number of hydrogen-bond acceptors (Lipinski definition) is 4. The molecule has 0 aromatic heterocycles. The summed E-state index contributed by atoms with van der Waals surface area (Å²) in [5, 5.41) is 12.6. The van der Waals surface area contributed by atoms with E-state index in [0.717, 1.165) is 28.6 Å². The minimum absolute atomic E-state index is 0.0363. The van der Waals surface area contributed by atoms with Crippen LogP contribution in [0.3, 0.4) is 0 Å². The summed E-state index contributed by atoms with van der Waals surface area (Å²) in [5.74, 6) is 1.70. The summed E-state index contributed by atoms with van der Waals surface area (Å²) in [6, 6.07) is 5.89. The summed E-state index contributed by atoms with van der Waals surface area (Å²) >= 11 is 3.57. The van der Waals surface area contributed by atoms with Crippen LogP contribution < -0.4 is 10.1 Å². The standard InChI is InChI=1S/C23H34BrNO4/c1-14(2)22(27)25-23(4)13-21(29-20-11-15(3)5-7-18(20)23)17-12-16(24)6-8-19(17)28-10-9-26/h6,8,12,14-15,18,20-21,26H,5,7,9-11,13H2,1-4H3,(H,25,27)/t15-,18-,20-,21-,23+/m0/s1. The fourth-order valence-corrected chi connectivity index (χ4v) is 5.19. The first-order chi connectivity index (χ1) is 13.7. The number of carbonyl (C=O) groups is 1. The van der Waals surface area contributed by atoms with E-state index < -0.39 is 0 Å². The number of amides is 1. The fourth-order valence-electron chi connectivity index (χ4n) is 4.81. The number of fused-ring (bicyclic) bond motifs is 1. The van der Waals surface area contributed by atoms with Crippen molar-refractivity contribution in [3.63, 3.8) is 0 Å². The van der Waals surface area contributed by atoms with E-state index in [-0.39, 0.29) is 42.8 Å². The van der Waals surface area contributed by atoms with Gasteiger partial charge in [0.1, 0.15) is 12.4 Å². The molecule has 2 N–H and O–H groups in total. The molecule has 2 aliphatic rings. The number of nitrogens with one attached hydrogen (secondary N) is 1. The lowest BCUT2D eigenvalue weighted by atomic mass is 9.66. The highest BCUT2D eigenvalue weighted by Gasteiger charge is 2.50. The molecule has 1 aromatic carbocycles. The van der Waals surface area contributed by atoms with Crippen molar-refractivity contribution < 1.29 is 19.4 Å². The zero-order valence-electron chi connectivity index (χ0n) is 17.9. The molecule has 1 aliphatic heterocycles. The minimum atomic E-state index is -0.328. The molecule has 1 aliphatic carbocycles. The van der Waals surface area contributed by atoms with Gasteiger partial charge in [0.15, 0.2) is 0 Å². The molecule has 5 atom stereocenters. The fraction of sp³-hybridized carbons (Fsp3) is 0.696. The lowest BCUT2D eigenvalue weighted by Crippen LogP contribution is -2.61. The molecule has 3 rings (SSSR count). The van der Waals surface area contributed by atoms with Crippen LogP contribution in [0.4, 0.5) is 0 Å². The maximum atomic E-state index is 12.6. The first kappa shape index (κ1) is 22.6. The molecule has 0 spiro atoms. The number of rotatable bonds is 6. The Morgan fingerprint density at radius 3 is 2.86 bits per heavy atom. The van der Waals surface area contributed by atoms with E-state index >= 15 is 0 Å². The first-order valence-corrected chi connectivity index (χ1v) is 11.5. The van der Waals surface area contributed by atoms with E-state index in [1.807, 2.05) is 32.0 Å². The predicted molar refractivity (Wildman–Crippen MR) is 117 cm³/mol. The molecule has 1 amide bonds. The van der Waals surface area contributed by atoms with Gasteiger partial charge >= 0.3 is 0 Å². The summed E-state index contributed by atoms with van der Waals surface area (Å²) < 4.78 is 13.4. The Labute approximate surface area is 182 Å². The van der Waals surface area contributed by atoms with Gasteiger partial charge in [-0.3, -0.25) is 4.79 Å². The molecule has 6 heteroatoms. The van der Waals surface area contributed by atoms with Crippen LogP contribution in [-0.4, -0.2) is 35.9 Å². The van der Waals surface area contributed by atoms with Gasteiger partial charge in [-0.05, 0) is 43.9 Å². The van der Waals surface area contributed by atoms with Gasteiger partial charge in [-0.2, -0.15) is 0 Å². The lowest BCUT2D eigenvalue weighted by molar-refractivity contribution is -0.155. The summed E-state index contributed by atoms with van der Waals surface area (Å²) in [6.07, 6.45) is 3.89. The van der Waals surface area contributed by atoms with Crippen molar-refractivity contribution in [2.75, 3.05) is 13.2 Å². The Hall–Kier alpha value is -1.11. The van der Waals surface area contributed by atoms with Gasteiger partial charge in [0.2, 0.25) is 5.91 Å². The van der Waals surface area contributed by atoms with Crippen molar-refractivity contribution in [3.8, 4) is 5.75 Å². The van der Waals surface area contributed by atoms with Crippen molar-refractivity contribution >= 4 is 21.8 Å². The van der Waals surface area contributed by atoms with Crippen molar-refractivity contribution in [2.24, 2.45) is 17.8 Å². The zero-order valence-corrected chi connectivity index (χ0v) is 19.5. The molecule has 5 nitrogen and oxygen atoms in total. The highest BCUT2D eigenvalue weighted by Crippen LogP contribution is 2.49. The monoisotopic (exact) mass is 467 g/mol. The van der Waals surface area contributed by atoms with Gasteiger partial charge in [-0.1, -0.05) is 43.1 Å². The van der Waals surface area contributed by atoms with Gasteiger partial charge in [0.25, 0.3) is 0 Å². The summed E-state index contributed by atoms with van der Waals surface area (Å²) in [6.45, 7) is 8.54. The molecule has 0 unspecified atom stereocenters. The van der Waals surface area contributed by atoms with Crippen LogP contribution in [0.1, 0.15) is 65.0 Å². The quantitative estimate of drug-likeness (QED) is 0.640. The average molecular weight is 468 g/mol. The van der Waals surface area contributed by atoms with Crippen LogP contribution in [0.5, 0.6) is 5.75 Å². The SMILES string of the molecule is CC(C)C(=O)N[C@]1(C)C[C@@H](c2cc(Br)ccc2OCCO)O[C@H]2C[C@@H](C)CC[C@@H]21. The van der Waals surface area contributed by atoms with Gasteiger partial charge in [0, 0.05) is 33.8 Å². The van der Waals surface area contributed by atoms with E-state index in [1.54, 1.807) is 0 Å². The van der Waals surface area contributed by atoms with Gasteiger partial charge in [-0.25, -0.2) is 0 Å². The van der Waals surface area contributed by atoms with Gasteiger partial charge < -0.3 is 19.9 Å². The number of carbonyl (C=O) groups excluding carboxylic acids is 1. The Kier molecular flexibility index (Phi) is 7.28. The van der Waals surface area contributed by atoms with Gasteiger partial charge in [-0.15, -0.1) is 0 Å². The molecule has 1 saturated heterocycles. The molecule has 1 heterocycles. The van der Waals surface area contributed by atoms with E-state index in [4.69, 9.17) is 9.47 Å². The Balaban J connectivity index is 1.94. The van der Waals surface area contributed by atoms with Crippen LogP contribution in [0.15, 0.2) is 22.7 Å². The Morgan fingerprint density at radius 2 is 2.17 bits per heavy atom. The van der Waals surface area contributed by atoms with E-state index in [1.165, 1.54) is 6.42 Å². The number of aliphatic hydroxyl groups is 1. The third kappa shape index (κ3) is 5.15. The number of ether oxygens (including phenoxy) is 2. The number of benzene rings is 1. The third-order valence-electron chi connectivity index (χ3n) is 6.42. The molecule has 162 valence electrons. The van der Waals surface area contributed by atoms with E-state index in [9.17, 15) is 9.90 Å². The van der Waals surface area contributed by atoms with E-state index in [0.29, 0.717) is 18.3 Å². The largest absolute Gasteiger partial charge is 0.491 e. The summed E-state index contributed by atoms with van der Waals surface area (Å²) in [4.78, 5) is 12.6. The molecule has 1 saturated carbocycles. The molecular formula is C23H34BrNO4. The first-order valence-electron chi connectivity index (χ1n) is 10.7. The number of hydrogen-bond donors (Lipinski definition) is 2. The van der Waals surface area contributed by atoms with Crippen LogP contribution in [-0.2, 0) is 9.53 Å². The molecule has 1 aromatic rings. The number of aliphatic hydroxyl groups excluding tert-OH is 1. The Bertz CT molecular complexity index is 725. The molecular weight excluding hydrogens is 434 g/mol. The van der Waals surface area contributed by atoms with Crippen LogP contribution >= 0.6 is 15.9 Å². The Morgan fingerprint density at radius 1 is 1.41 bits per heavy atom. The van der Waals surface area contributed by atoms with Crippen LogP contribution in [0, 0.1) is 17.8 Å². The van der Waals surface area contributed by atoms with Crippen LogP contribution in [0.25, 0.3) is 0 Å². The summed E-state index contributed by atoms with van der Waals surface area (Å²) in [7, 11) is 0. The van der Waals surface area contributed by atoms with Crippen molar-refractivity contribution in [3.05, 3.63) is 28.2 Å². The molecule has 29 heavy (non-hydrogen) atoms. The normalized spacial score (nSPS) is 32.0. The topological polar surface area (TPSA) is 67.8 Å². The van der Waals surface area contributed by atoms with E-state index in [2.05, 4.69) is 35.1 Å². The highest BCUT2D eigenvalue weighted by atomic mass is 79.9. The van der Waals surface area contributed by atoms with Crippen molar-refractivity contribution in [2.45, 2.75) is 71.1 Å². The van der Waals surface area contributed by atoms with Crippen LogP contribution in [0.2, 0.25) is 0 Å².